The van der Waals surface area contributed by atoms with Crippen molar-refractivity contribution in [3.63, 3.8) is 0 Å². The normalized spacial score (nSPS) is 14.6. The number of aryl methyl sites for hydroxylation is 1. The van der Waals surface area contributed by atoms with Crippen molar-refractivity contribution in [1.29, 1.82) is 0 Å². The molecule has 2 aromatic heterocycles. The maximum Gasteiger partial charge on any atom is 0.231 e. The summed E-state index contributed by atoms with van der Waals surface area (Å²) in [7, 11) is 1.76. The Morgan fingerprint density at radius 1 is 1.36 bits per heavy atom. The lowest BCUT2D eigenvalue weighted by molar-refractivity contribution is -0.120. The van der Waals surface area contributed by atoms with E-state index >= 15 is 0 Å². The van der Waals surface area contributed by atoms with E-state index in [-0.39, 0.29) is 16.8 Å². The maximum absolute atomic E-state index is 13.2. The molecule has 0 radical (unpaired) electrons. The number of carbonyl (C=O) groups is 1. The van der Waals surface area contributed by atoms with Gasteiger partial charge in [0.25, 0.3) is 0 Å². The Bertz CT molecular complexity index is 970. The van der Waals surface area contributed by atoms with Crippen LogP contribution in [0.2, 0.25) is 5.02 Å². The Kier molecular flexibility index (Phi) is 3.72. The first-order valence-corrected chi connectivity index (χ1v) is 7.92. The molecule has 3 heterocycles. The minimum atomic E-state index is -0.522. The Labute approximate surface area is 146 Å². The molecule has 0 spiro atoms. The Morgan fingerprint density at radius 3 is 2.92 bits per heavy atom. The van der Waals surface area contributed by atoms with Crippen LogP contribution in [0.25, 0.3) is 11.2 Å². The lowest BCUT2D eigenvalue weighted by atomic mass is 9.99. The SMILES string of the molecule is Cn1nnc2c(N3CC(C(=O)Nc4ccc(F)c(Cl)c4)C3)ncnc21. The number of fused-ring (bicyclic) bond motifs is 1. The smallest absolute Gasteiger partial charge is 0.231 e. The van der Waals surface area contributed by atoms with Crippen molar-refractivity contribution in [2.75, 3.05) is 23.3 Å². The molecule has 3 aromatic rings. The summed E-state index contributed by atoms with van der Waals surface area (Å²) in [6.07, 6.45) is 1.45. The van der Waals surface area contributed by atoms with E-state index < -0.39 is 5.82 Å². The Hall–Kier alpha value is -2.81. The van der Waals surface area contributed by atoms with Gasteiger partial charge in [-0.3, -0.25) is 4.79 Å². The number of hydrogen-bond acceptors (Lipinski definition) is 6. The van der Waals surface area contributed by atoms with Crippen LogP contribution in [0.5, 0.6) is 0 Å². The van der Waals surface area contributed by atoms with Gasteiger partial charge in [-0.05, 0) is 18.2 Å². The second kappa shape index (κ2) is 5.92. The molecule has 1 amide bonds. The summed E-state index contributed by atoms with van der Waals surface area (Å²) in [5.74, 6) is -0.216. The van der Waals surface area contributed by atoms with Crippen molar-refractivity contribution < 1.29 is 9.18 Å². The van der Waals surface area contributed by atoms with Gasteiger partial charge in [-0.2, -0.15) is 0 Å². The third-order valence-corrected chi connectivity index (χ3v) is 4.40. The predicted octanol–water partition coefficient (Wildman–Crippen LogP) is 1.63. The van der Waals surface area contributed by atoms with Crippen LogP contribution in [0, 0.1) is 11.7 Å². The Balaban J connectivity index is 1.44. The maximum atomic E-state index is 13.2. The summed E-state index contributed by atoms with van der Waals surface area (Å²) in [4.78, 5) is 22.6. The fourth-order valence-electron chi connectivity index (χ4n) is 2.71. The standard InChI is InChI=1S/C15H13ClFN7O/c1-23-13-12(21-22-23)14(19-7-18-13)24-5-8(6-24)15(25)20-9-2-3-11(17)10(16)4-9/h2-4,7-8H,5-6H2,1H3,(H,20,25). The monoisotopic (exact) mass is 361 g/mol. The molecular formula is C15H13ClFN7O. The van der Waals surface area contributed by atoms with E-state index in [9.17, 15) is 9.18 Å². The van der Waals surface area contributed by atoms with Gasteiger partial charge in [0.15, 0.2) is 17.0 Å². The largest absolute Gasteiger partial charge is 0.353 e. The van der Waals surface area contributed by atoms with Gasteiger partial charge in [0, 0.05) is 25.8 Å². The molecule has 1 aliphatic rings. The van der Waals surface area contributed by atoms with Gasteiger partial charge in [-0.25, -0.2) is 19.0 Å². The van der Waals surface area contributed by atoms with Crippen LogP contribution in [0.4, 0.5) is 15.9 Å². The van der Waals surface area contributed by atoms with Crippen molar-refractivity contribution >= 4 is 40.2 Å². The molecule has 1 fully saturated rings. The first-order valence-electron chi connectivity index (χ1n) is 7.54. The van der Waals surface area contributed by atoms with E-state index in [1.807, 2.05) is 4.90 Å². The van der Waals surface area contributed by atoms with Gasteiger partial charge >= 0.3 is 0 Å². The zero-order chi connectivity index (χ0) is 17.6. The highest BCUT2D eigenvalue weighted by Crippen LogP contribution is 2.28. The average molecular weight is 362 g/mol. The van der Waals surface area contributed by atoms with E-state index in [1.54, 1.807) is 11.7 Å². The first kappa shape index (κ1) is 15.7. The third kappa shape index (κ3) is 2.76. The minimum absolute atomic E-state index is 0.0286. The number of nitrogens with one attached hydrogen (secondary N) is 1. The van der Waals surface area contributed by atoms with Gasteiger partial charge in [-0.15, -0.1) is 5.10 Å². The minimum Gasteiger partial charge on any atom is -0.353 e. The molecule has 4 rings (SSSR count). The van der Waals surface area contributed by atoms with Gasteiger partial charge in [0.2, 0.25) is 5.91 Å². The van der Waals surface area contributed by atoms with E-state index in [0.717, 1.165) is 0 Å². The summed E-state index contributed by atoms with van der Waals surface area (Å²) < 4.78 is 14.7. The number of aromatic nitrogens is 5. The molecule has 0 saturated carbocycles. The molecule has 0 aliphatic carbocycles. The average Bonchev–Trinajstić information content (AvgIpc) is 2.92. The second-order valence-electron chi connectivity index (χ2n) is 5.80. The lowest BCUT2D eigenvalue weighted by Crippen LogP contribution is -2.52. The highest BCUT2D eigenvalue weighted by molar-refractivity contribution is 6.31. The van der Waals surface area contributed by atoms with Crippen molar-refractivity contribution in [1.82, 2.24) is 25.0 Å². The highest BCUT2D eigenvalue weighted by Gasteiger charge is 2.35. The molecule has 1 aromatic carbocycles. The second-order valence-corrected chi connectivity index (χ2v) is 6.21. The fourth-order valence-corrected chi connectivity index (χ4v) is 2.89. The highest BCUT2D eigenvalue weighted by atomic mass is 35.5. The Morgan fingerprint density at radius 2 is 2.16 bits per heavy atom. The van der Waals surface area contributed by atoms with Crippen LogP contribution in [-0.4, -0.2) is 44.0 Å². The molecule has 8 nitrogen and oxygen atoms in total. The number of carbonyl (C=O) groups excluding carboxylic acids is 1. The molecule has 25 heavy (non-hydrogen) atoms. The van der Waals surface area contributed by atoms with Crippen LogP contribution < -0.4 is 10.2 Å². The van der Waals surface area contributed by atoms with Crippen LogP contribution in [0.15, 0.2) is 24.5 Å². The number of rotatable bonds is 3. The van der Waals surface area contributed by atoms with Crippen molar-refractivity contribution in [2.45, 2.75) is 0 Å². The van der Waals surface area contributed by atoms with E-state index in [4.69, 9.17) is 11.6 Å². The molecule has 10 heteroatoms. The predicted molar refractivity (Wildman–Crippen MR) is 89.8 cm³/mol. The van der Waals surface area contributed by atoms with Crippen LogP contribution in [-0.2, 0) is 11.8 Å². The van der Waals surface area contributed by atoms with Gasteiger partial charge in [-0.1, -0.05) is 16.8 Å². The zero-order valence-electron chi connectivity index (χ0n) is 13.1. The summed E-state index contributed by atoms with van der Waals surface area (Å²) in [6.45, 7) is 1.01. The number of halogens is 2. The van der Waals surface area contributed by atoms with Crippen LogP contribution in [0.3, 0.4) is 0 Å². The quantitative estimate of drug-likeness (QED) is 0.762. The summed E-state index contributed by atoms with van der Waals surface area (Å²) in [5, 5.41) is 10.7. The molecule has 1 saturated heterocycles. The summed E-state index contributed by atoms with van der Waals surface area (Å²) >= 11 is 5.72. The molecule has 1 aliphatic heterocycles. The topological polar surface area (TPSA) is 88.8 Å². The molecule has 1 N–H and O–H groups in total. The van der Waals surface area contributed by atoms with E-state index in [1.165, 1.54) is 24.5 Å². The number of anilines is 2. The van der Waals surface area contributed by atoms with Crippen molar-refractivity contribution in [3.8, 4) is 0 Å². The van der Waals surface area contributed by atoms with Crippen LogP contribution in [0.1, 0.15) is 0 Å². The fraction of sp³-hybridized carbons (Fsp3) is 0.267. The first-order chi connectivity index (χ1) is 12.0. The lowest BCUT2D eigenvalue weighted by Gasteiger charge is -2.38. The molecule has 0 bridgehead atoms. The van der Waals surface area contributed by atoms with Crippen molar-refractivity contribution in [2.24, 2.45) is 13.0 Å². The van der Waals surface area contributed by atoms with Crippen LogP contribution >= 0.6 is 11.6 Å². The number of nitrogens with zero attached hydrogens (tertiary/aromatic N) is 6. The molecule has 0 unspecified atom stereocenters. The summed E-state index contributed by atoms with van der Waals surface area (Å²) in [5.41, 5.74) is 1.71. The zero-order valence-corrected chi connectivity index (χ0v) is 13.9. The van der Waals surface area contributed by atoms with Gasteiger partial charge in [0.05, 0.1) is 10.9 Å². The van der Waals surface area contributed by atoms with E-state index in [0.29, 0.717) is 35.8 Å². The third-order valence-electron chi connectivity index (χ3n) is 4.11. The molecule has 128 valence electrons. The number of hydrogen-bond donors (Lipinski definition) is 1. The summed E-state index contributed by atoms with van der Waals surface area (Å²) in [6, 6.07) is 4.08. The molecule has 0 atom stereocenters. The van der Waals surface area contributed by atoms with E-state index in [2.05, 4.69) is 25.6 Å². The van der Waals surface area contributed by atoms with Gasteiger partial charge in [0.1, 0.15) is 12.1 Å². The van der Waals surface area contributed by atoms with Gasteiger partial charge < -0.3 is 10.2 Å². The number of amides is 1. The molecular weight excluding hydrogens is 349 g/mol. The van der Waals surface area contributed by atoms with Crippen molar-refractivity contribution in [3.05, 3.63) is 35.4 Å². The number of benzene rings is 1.